The minimum Gasteiger partial charge on any atom is -0.459 e. The van der Waals surface area contributed by atoms with Gasteiger partial charge in [0.15, 0.2) is 14.6 Å². The van der Waals surface area contributed by atoms with Gasteiger partial charge >= 0.3 is 5.97 Å². The topological polar surface area (TPSA) is 117 Å². The zero-order valence-corrected chi connectivity index (χ0v) is 21.5. The van der Waals surface area contributed by atoms with Crippen molar-refractivity contribution in [1.29, 1.82) is 0 Å². The summed E-state index contributed by atoms with van der Waals surface area (Å²) in [5.74, 6) is -0.958. The number of amides is 1. The largest absolute Gasteiger partial charge is 0.459 e. The number of nitro groups is 1. The molecule has 10 heteroatoms. The Balaban J connectivity index is 3.26. The lowest BCUT2D eigenvalue weighted by atomic mass is 9.83. The summed E-state index contributed by atoms with van der Waals surface area (Å²) in [6.45, 7) is 13.6. The van der Waals surface area contributed by atoms with Gasteiger partial charge in [0.05, 0.1) is 11.5 Å². The van der Waals surface area contributed by atoms with E-state index in [0.29, 0.717) is 6.42 Å². The van der Waals surface area contributed by atoms with E-state index >= 15 is 0 Å². The van der Waals surface area contributed by atoms with Gasteiger partial charge in [-0.05, 0) is 37.1 Å². The summed E-state index contributed by atoms with van der Waals surface area (Å²) >= 11 is 0. The van der Waals surface area contributed by atoms with Gasteiger partial charge < -0.3 is 19.2 Å². The number of methoxy groups -OCH3 is 1. The molecule has 0 radical (unpaired) electrons. The third kappa shape index (κ3) is 9.45. The maximum Gasteiger partial charge on any atom is 0.340 e. The maximum atomic E-state index is 13.1. The van der Waals surface area contributed by atoms with Gasteiger partial charge in [0.1, 0.15) is 6.61 Å². The second-order valence-corrected chi connectivity index (χ2v) is 11.8. The highest BCUT2D eigenvalue weighted by Gasteiger charge is 2.45. The number of carbonyl (C=O) groups is 2. The Morgan fingerprint density at radius 1 is 1.21 bits per heavy atom. The highest BCUT2D eigenvalue weighted by Crippen LogP contribution is 2.29. The first kappa shape index (κ1) is 28.5. The number of ether oxygens (including phenoxy) is 2. The van der Waals surface area contributed by atoms with E-state index in [4.69, 9.17) is 13.9 Å². The Bertz CT molecular complexity index is 821. The molecule has 0 bridgehead atoms. The summed E-state index contributed by atoms with van der Waals surface area (Å²) in [6, 6.07) is 4.91. The molecule has 0 aliphatic heterocycles. The highest BCUT2D eigenvalue weighted by molar-refractivity contribution is 6.48. The van der Waals surface area contributed by atoms with E-state index in [1.165, 1.54) is 37.5 Å². The number of nitrogens with one attached hydrogen (secondary N) is 1. The first-order valence-corrected chi connectivity index (χ1v) is 13.6. The van der Waals surface area contributed by atoms with Crippen LogP contribution < -0.4 is 5.32 Å². The van der Waals surface area contributed by atoms with Gasteiger partial charge in [0.2, 0.25) is 0 Å². The van der Waals surface area contributed by atoms with Crippen molar-refractivity contribution in [1.82, 2.24) is 5.32 Å². The van der Waals surface area contributed by atoms with Crippen LogP contribution in [0.2, 0.25) is 13.1 Å². The quantitative estimate of drug-likeness (QED) is 0.151. The molecule has 9 nitrogen and oxygen atoms in total. The number of rotatable bonds is 13. The third-order valence-corrected chi connectivity index (χ3v) is 5.58. The predicted molar refractivity (Wildman–Crippen MR) is 129 cm³/mol. The van der Waals surface area contributed by atoms with Gasteiger partial charge in [-0.25, -0.2) is 4.79 Å². The van der Waals surface area contributed by atoms with Gasteiger partial charge in [-0.15, -0.1) is 0 Å². The van der Waals surface area contributed by atoms with Crippen LogP contribution in [0.25, 0.3) is 0 Å². The lowest BCUT2D eigenvalue weighted by Crippen LogP contribution is -2.54. The van der Waals surface area contributed by atoms with Gasteiger partial charge in [-0.2, -0.15) is 0 Å². The van der Waals surface area contributed by atoms with E-state index in [0.717, 1.165) is 0 Å². The SMILES string of the molecule is C=CCOC(=O)[C@](COC)(C[C@H](CC(C)(C)C)NC(=O)c1ccc([N+](=O)[O-])cc1)O[SiH](C)C. The second-order valence-electron chi connectivity index (χ2n) is 9.42. The van der Waals surface area contributed by atoms with Crippen molar-refractivity contribution in [2.45, 2.75) is 58.3 Å². The summed E-state index contributed by atoms with van der Waals surface area (Å²) in [6.07, 6.45) is 2.18. The average molecular weight is 481 g/mol. The van der Waals surface area contributed by atoms with E-state index in [2.05, 4.69) is 11.9 Å². The average Bonchev–Trinajstić information content (AvgIpc) is 2.70. The molecule has 2 atom stereocenters. The number of benzene rings is 1. The molecule has 0 saturated carbocycles. The van der Waals surface area contributed by atoms with Crippen LogP contribution >= 0.6 is 0 Å². The molecule has 0 aromatic heterocycles. The fraction of sp³-hybridized carbons (Fsp3) is 0.565. The van der Waals surface area contributed by atoms with Crippen molar-refractivity contribution in [3.63, 3.8) is 0 Å². The Hall–Kier alpha value is -2.56. The van der Waals surface area contributed by atoms with Crippen LogP contribution in [0.4, 0.5) is 5.69 Å². The van der Waals surface area contributed by atoms with Crippen molar-refractivity contribution in [2.75, 3.05) is 20.3 Å². The number of nitro benzene ring substituents is 1. The van der Waals surface area contributed by atoms with Gasteiger partial charge in [-0.1, -0.05) is 33.4 Å². The monoisotopic (exact) mass is 480 g/mol. The van der Waals surface area contributed by atoms with Crippen LogP contribution in [0.5, 0.6) is 0 Å². The van der Waals surface area contributed by atoms with Crippen molar-refractivity contribution in [3.8, 4) is 0 Å². The number of hydrogen-bond donors (Lipinski definition) is 1. The summed E-state index contributed by atoms with van der Waals surface area (Å²) in [5, 5.41) is 13.9. The number of carbonyl (C=O) groups excluding carboxylic acids is 2. The van der Waals surface area contributed by atoms with Crippen molar-refractivity contribution < 1.29 is 28.4 Å². The molecule has 0 aliphatic carbocycles. The summed E-state index contributed by atoms with van der Waals surface area (Å²) in [7, 11) is -0.242. The van der Waals surface area contributed by atoms with E-state index in [-0.39, 0.29) is 36.3 Å². The molecule has 184 valence electrons. The molecule has 33 heavy (non-hydrogen) atoms. The number of hydrogen-bond acceptors (Lipinski definition) is 7. The van der Waals surface area contributed by atoms with Crippen molar-refractivity contribution in [3.05, 3.63) is 52.6 Å². The van der Waals surface area contributed by atoms with Gasteiger partial charge in [-0.3, -0.25) is 14.9 Å². The minimum atomic E-state index is -1.72. The predicted octanol–water partition coefficient (Wildman–Crippen LogP) is 3.63. The zero-order valence-electron chi connectivity index (χ0n) is 20.4. The molecule has 0 aliphatic rings. The van der Waals surface area contributed by atoms with E-state index in [1.807, 2.05) is 33.9 Å². The number of nitrogens with zero attached hydrogens (tertiary/aromatic N) is 1. The molecule has 0 saturated heterocycles. The number of esters is 1. The van der Waals surface area contributed by atoms with Crippen LogP contribution in [0, 0.1) is 15.5 Å². The van der Waals surface area contributed by atoms with Gasteiger partial charge in [0.25, 0.3) is 11.6 Å². The Kier molecular flexibility index (Phi) is 10.9. The van der Waals surface area contributed by atoms with Crippen molar-refractivity contribution >= 4 is 26.6 Å². The Morgan fingerprint density at radius 2 is 1.82 bits per heavy atom. The first-order valence-electron chi connectivity index (χ1n) is 10.8. The molecule has 1 rings (SSSR count). The molecule has 0 fully saturated rings. The fourth-order valence-electron chi connectivity index (χ4n) is 3.60. The van der Waals surface area contributed by atoms with Crippen LogP contribution in [0.3, 0.4) is 0 Å². The second kappa shape index (κ2) is 12.6. The third-order valence-electron chi connectivity index (χ3n) is 4.65. The van der Waals surface area contributed by atoms with Crippen molar-refractivity contribution in [2.24, 2.45) is 5.41 Å². The molecule has 1 aromatic carbocycles. The molecule has 1 amide bonds. The summed E-state index contributed by atoms with van der Waals surface area (Å²) in [5.41, 5.74) is -1.37. The summed E-state index contributed by atoms with van der Waals surface area (Å²) < 4.78 is 16.9. The Morgan fingerprint density at radius 3 is 2.27 bits per heavy atom. The smallest absolute Gasteiger partial charge is 0.340 e. The van der Waals surface area contributed by atoms with E-state index in [9.17, 15) is 19.7 Å². The maximum absolute atomic E-state index is 13.1. The van der Waals surface area contributed by atoms with Crippen LogP contribution in [0.1, 0.15) is 44.0 Å². The molecule has 1 N–H and O–H groups in total. The molecule has 1 aromatic rings. The lowest BCUT2D eigenvalue weighted by molar-refractivity contribution is -0.384. The minimum absolute atomic E-state index is 0.0256. The summed E-state index contributed by atoms with van der Waals surface area (Å²) in [4.78, 5) is 36.4. The van der Waals surface area contributed by atoms with Crippen LogP contribution in [-0.2, 0) is 18.7 Å². The molecule has 0 heterocycles. The fourth-order valence-corrected chi connectivity index (χ4v) is 4.76. The Labute approximate surface area is 197 Å². The van der Waals surface area contributed by atoms with Crippen LogP contribution in [-0.4, -0.2) is 57.8 Å². The van der Waals surface area contributed by atoms with E-state index < -0.39 is 37.5 Å². The zero-order chi connectivity index (χ0) is 25.2. The number of non-ortho nitro benzene ring substituents is 1. The van der Waals surface area contributed by atoms with Gasteiger partial charge in [0, 0.05) is 37.3 Å². The first-order chi connectivity index (χ1) is 15.3. The molecular formula is C23H36N2O7Si. The molecular weight excluding hydrogens is 444 g/mol. The highest BCUT2D eigenvalue weighted by atomic mass is 28.3. The lowest BCUT2D eigenvalue weighted by Gasteiger charge is -2.37. The molecule has 0 unspecified atom stereocenters. The van der Waals surface area contributed by atoms with Crippen LogP contribution in [0.15, 0.2) is 36.9 Å². The normalized spacial score (nSPS) is 14.3. The van der Waals surface area contributed by atoms with E-state index in [1.54, 1.807) is 0 Å². The standard InChI is InChI=1S/C23H36N2O7Si/c1-8-13-31-21(27)23(16-30-5,32-33(6)7)15-18(14-22(2,3)4)24-20(26)17-9-11-19(12-10-17)25(28)29/h8-12,18,33H,1,13-16H2,2-7H3,(H,24,26)/t18-,23+/m0/s1. The molecule has 0 spiro atoms.